The number of amides is 2. The first kappa shape index (κ1) is 23.1. The van der Waals surface area contributed by atoms with Crippen molar-refractivity contribution in [2.75, 3.05) is 33.1 Å². The van der Waals surface area contributed by atoms with Gasteiger partial charge < -0.3 is 20.3 Å². The molecule has 0 spiro atoms. The van der Waals surface area contributed by atoms with Crippen molar-refractivity contribution in [1.29, 1.82) is 0 Å². The number of carbonyl (C=O) groups is 1. The number of aromatic nitrogens is 2. The number of nitrogens with zero attached hydrogens (tertiary/aromatic N) is 3. The summed E-state index contributed by atoms with van der Waals surface area (Å²) in [6, 6.07) is 11.4. The predicted molar refractivity (Wildman–Crippen MR) is 115 cm³/mol. The summed E-state index contributed by atoms with van der Waals surface area (Å²) in [5, 5.41) is 9.31. The number of alkyl halides is 3. The molecule has 0 saturated heterocycles. The molecule has 2 aromatic carbocycles. The van der Waals surface area contributed by atoms with Crippen LogP contribution in [0.25, 0.3) is 5.69 Å². The van der Waals surface area contributed by atoms with Crippen LogP contribution >= 0.6 is 0 Å². The van der Waals surface area contributed by atoms with E-state index in [-0.39, 0.29) is 18.3 Å². The number of likely N-dealkylation sites (N-methyl/N-ethyl adjacent to an activating group) is 1. The molecule has 32 heavy (non-hydrogen) atoms. The van der Waals surface area contributed by atoms with Crippen LogP contribution in [0, 0.1) is 0 Å². The first-order valence-corrected chi connectivity index (χ1v) is 9.75. The van der Waals surface area contributed by atoms with Crippen LogP contribution in [0.4, 0.5) is 23.7 Å². The van der Waals surface area contributed by atoms with E-state index in [4.69, 9.17) is 4.74 Å². The van der Waals surface area contributed by atoms with E-state index in [1.54, 1.807) is 19.4 Å². The minimum atomic E-state index is -4.54. The van der Waals surface area contributed by atoms with Crippen LogP contribution in [0.15, 0.2) is 60.9 Å². The van der Waals surface area contributed by atoms with Crippen molar-refractivity contribution in [1.82, 2.24) is 20.0 Å². The Morgan fingerprint density at radius 1 is 1.19 bits per heavy atom. The number of benzene rings is 2. The van der Waals surface area contributed by atoms with Crippen LogP contribution < -0.4 is 15.4 Å². The maximum Gasteiger partial charge on any atom is 0.416 e. The van der Waals surface area contributed by atoms with Crippen LogP contribution in [-0.4, -0.2) is 48.5 Å². The molecule has 2 amide bonds. The smallest absolute Gasteiger partial charge is 0.416 e. The first-order chi connectivity index (χ1) is 15.2. The SMILES string of the molecule is COc1cccc([C@@H](CNC(=O)Nc2cc(C(F)(F)F)ccc2-n2cccn2)N(C)C)c1. The Kier molecular flexibility index (Phi) is 7.04. The van der Waals surface area contributed by atoms with E-state index in [0.29, 0.717) is 11.4 Å². The highest BCUT2D eigenvalue weighted by Crippen LogP contribution is 2.33. The molecule has 0 bridgehead atoms. The second-order valence-corrected chi connectivity index (χ2v) is 7.27. The van der Waals surface area contributed by atoms with E-state index in [1.165, 1.54) is 16.9 Å². The van der Waals surface area contributed by atoms with E-state index in [9.17, 15) is 18.0 Å². The van der Waals surface area contributed by atoms with E-state index >= 15 is 0 Å². The van der Waals surface area contributed by atoms with Gasteiger partial charge in [-0.05, 0) is 56.1 Å². The summed E-state index contributed by atoms with van der Waals surface area (Å²) in [7, 11) is 5.31. The van der Waals surface area contributed by atoms with Crippen molar-refractivity contribution in [2.24, 2.45) is 0 Å². The van der Waals surface area contributed by atoms with Gasteiger partial charge in [0.1, 0.15) is 5.75 Å². The Hall–Kier alpha value is -3.53. The number of methoxy groups -OCH3 is 1. The molecular formula is C22H24F3N5O2. The second kappa shape index (κ2) is 9.73. The van der Waals surface area contributed by atoms with Crippen LogP contribution in [-0.2, 0) is 6.18 Å². The third-order valence-electron chi connectivity index (χ3n) is 4.88. The highest BCUT2D eigenvalue weighted by molar-refractivity contribution is 5.91. The number of carbonyl (C=O) groups excluding carboxylic acids is 1. The van der Waals surface area contributed by atoms with Crippen molar-refractivity contribution in [3.8, 4) is 11.4 Å². The summed E-state index contributed by atoms with van der Waals surface area (Å²) in [6.45, 7) is 0.224. The largest absolute Gasteiger partial charge is 0.497 e. The fraction of sp³-hybridized carbons (Fsp3) is 0.273. The number of ether oxygens (including phenoxy) is 1. The molecule has 0 aliphatic heterocycles. The summed E-state index contributed by atoms with van der Waals surface area (Å²) >= 11 is 0. The second-order valence-electron chi connectivity index (χ2n) is 7.27. The fourth-order valence-electron chi connectivity index (χ4n) is 3.23. The van der Waals surface area contributed by atoms with Gasteiger partial charge in [0.15, 0.2) is 0 Å². The first-order valence-electron chi connectivity index (χ1n) is 9.75. The third kappa shape index (κ3) is 5.58. The minimum absolute atomic E-state index is 0.0104. The van der Waals surface area contributed by atoms with Crippen molar-refractivity contribution >= 4 is 11.7 Å². The molecule has 0 unspecified atom stereocenters. The summed E-state index contributed by atoms with van der Waals surface area (Å²) in [5.41, 5.74) is 0.358. The molecule has 1 atom stereocenters. The van der Waals surface area contributed by atoms with Crippen molar-refractivity contribution in [3.05, 3.63) is 72.1 Å². The number of hydrogen-bond acceptors (Lipinski definition) is 4. The zero-order valence-electron chi connectivity index (χ0n) is 17.8. The van der Waals surface area contributed by atoms with Gasteiger partial charge in [0.05, 0.1) is 30.1 Å². The summed E-state index contributed by atoms with van der Waals surface area (Å²) in [6.07, 6.45) is -1.47. The van der Waals surface area contributed by atoms with Gasteiger partial charge in [0, 0.05) is 18.9 Å². The van der Waals surface area contributed by atoms with Crippen LogP contribution in [0.2, 0.25) is 0 Å². The maximum atomic E-state index is 13.2. The molecule has 3 aromatic rings. The number of urea groups is 1. The van der Waals surface area contributed by atoms with Gasteiger partial charge in [-0.1, -0.05) is 12.1 Å². The monoisotopic (exact) mass is 447 g/mol. The van der Waals surface area contributed by atoms with Gasteiger partial charge in [-0.2, -0.15) is 18.3 Å². The van der Waals surface area contributed by atoms with Gasteiger partial charge >= 0.3 is 12.2 Å². The Morgan fingerprint density at radius 2 is 1.97 bits per heavy atom. The van der Waals surface area contributed by atoms with Gasteiger partial charge in [0.25, 0.3) is 0 Å². The van der Waals surface area contributed by atoms with Crippen LogP contribution in [0.3, 0.4) is 0 Å². The molecule has 2 N–H and O–H groups in total. The molecule has 0 saturated carbocycles. The van der Waals surface area contributed by atoms with Gasteiger partial charge in [-0.3, -0.25) is 0 Å². The van der Waals surface area contributed by atoms with Crippen LogP contribution in [0.1, 0.15) is 17.2 Å². The van der Waals surface area contributed by atoms with E-state index in [1.807, 2.05) is 43.3 Å². The molecule has 170 valence electrons. The molecule has 0 aliphatic rings. The Bertz CT molecular complexity index is 1050. The minimum Gasteiger partial charge on any atom is -0.497 e. The Balaban J connectivity index is 1.78. The molecular weight excluding hydrogens is 423 g/mol. The van der Waals surface area contributed by atoms with E-state index in [0.717, 1.165) is 17.7 Å². The highest BCUT2D eigenvalue weighted by atomic mass is 19.4. The zero-order chi connectivity index (χ0) is 23.3. The van der Waals surface area contributed by atoms with Crippen molar-refractivity contribution < 1.29 is 22.7 Å². The summed E-state index contributed by atoms with van der Waals surface area (Å²) in [4.78, 5) is 14.5. The molecule has 0 aliphatic carbocycles. The zero-order valence-corrected chi connectivity index (χ0v) is 17.8. The lowest BCUT2D eigenvalue weighted by Gasteiger charge is -2.25. The fourth-order valence-corrected chi connectivity index (χ4v) is 3.23. The van der Waals surface area contributed by atoms with Gasteiger partial charge in [-0.25, -0.2) is 9.48 Å². The highest BCUT2D eigenvalue weighted by Gasteiger charge is 2.31. The number of rotatable bonds is 7. The standard InChI is InChI=1S/C22H24F3N5O2/c1-29(2)20(15-6-4-7-17(12-15)32-3)14-26-21(31)28-18-13-16(22(23,24)25)8-9-19(18)30-11-5-10-27-30/h4-13,20H,14H2,1-3H3,(H2,26,28,31)/t20-/m1/s1. The summed E-state index contributed by atoms with van der Waals surface area (Å²) in [5.74, 6) is 0.687. The topological polar surface area (TPSA) is 71.4 Å². The van der Waals surface area contributed by atoms with E-state index < -0.39 is 17.8 Å². The lowest BCUT2D eigenvalue weighted by Crippen LogP contribution is -2.37. The molecule has 0 fully saturated rings. The summed E-state index contributed by atoms with van der Waals surface area (Å²) < 4.78 is 46.3. The lowest BCUT2D eigenvalue weighted by molar-refractivity contribution is -0.137. The van der Waals surface area contributed by atoms with Crippen LogP contribution in [0.5, 0.6) is 5.75 Å². The molecule has 1 heterocycles. The molecule has 10 heteroatoms. The molecule has 7 nitrogen and oxygen atoms in total. The maximum absolute atomic E-state index is 13.2. The molecule has 0 radical (unpaired) electrons. The third-order valence-corrected chi connectivity index (χ3v) is 4.88. The van der Waals surface area contributed by atoms with E-state index in [2.05, 4.69) is 15.7 Å². The molecule has 3 rings (SSSR count). The number of anilines is 1. The van der Waals surface area contributed by atoms with Gasteiger partial charge in [0.2, 0.25) is 0 Å². The number of halogens is 3. The lowest BCUT2D eigenvalue weighted by atomic mass is 10.1. The number of hydrogen-bond donors (Lipinski definition) is 2. The van der Waals surface area contributed by atoms with Crippen molar-refractivity contribution in [2.45, 2.75) is 12.2 Å². The quantitative estimate of drug-likeness (QED) is 0.566. The Labute approximate surface area is 183 Å². The molecule has 1 aromatic heterocycles. The van der Waals surface area contributed by atoms with Crippen molar-refractivity contribution in [3.63, 3.8) is 0 Å². The Morgan fingerprint density at radius 3 is 2.59 bits per heavy atom. The number of nitrogens with one attached hydrogen (secondary N) is 2. The normalized spacial score (nSPS) is 12.5. The average Bonchev–Trinajstić information content (AvgIpc) is 3.28. The predicted octanol–water partition coefficient (Wildman–Crippen LogP) is 4.32. The van der Waals surface area contributed by atoms with Gasteiger partial charge in [-0.15, -0.1) is 0 Å². The average molecular weight is 447 g/mol.